The molecule has 0 aliphatic carbocycles. The average Bonchev–Trinajstić information content (AvgIpc) is 3.29. The molecule has 244 valence electrons. The molecule has 2 atom stereocenters. The zero-order valence-corrected chi connectivity index (χ0v) is 26.2. The summed E-state index contributed by atoms with van der Waals surface area (Å²) < 4.78 is 35.0. The van der Waals surface area contributed by atoms with Gasteiger partial charge in [0.05, 0.1) is 31.1 Å². The lowest BCUT2D eigenvalue weighted by Crippen LogP contribution is -2.33. The number of hydrogen-bond acceptors (Lipinski definition) is 8. The Morgan fingerprint density at radius 1 is 1.00 bits per heavy atom. The van der Waals surface area contributed by atoms with Crippen LogP contribution in [0.3, 0.4) is 0 Å². The number of anilines is 1. The van der Waals surface area contributed by atoms with Gasteiger partial charge < -0.3 is 30.4 Å². The Balaban J connectivity index is 1.42. The fourth-order valence-corrected chi connectivity index (χ4v) is 5.37. The van der Waals surface area contributed by atoms with Crippen molar-refractivity contribution in [2.75, 3.05) is 19.5 Å². The number of hydrogen-bond donors (Lipinski definition) is 3. The van der Waals surface area contributed by atoms with Gasteiger partial charge in [-0.05, 0) is 55.7 Å². The van der Waals surface area contributed by atoms with Crippen molar-refractivity contribution in [1.82, 2.24) is 14.3 Å². The van der Waals surface area contributed by atoms with Crippen molar-refractivity contribution in [3.8, 4) is 28.7 Å². The van der Waals surface area contributed by atoms with Gasteiger partial charge in [0, 0.05) is 35.9 Å². The summed E-state index contributed by atoms with van der Waals surface area (Å²) in [6.45, 7) is 3.66. The predicted octanol–water partition coefficient (Wildman–Crippen LogP) is 5.13. The summed E-state index contributed by atoms with van der Waals surface area (Å²) in [5.41, 5.74) is 6.54. The van der Waals surface area contributed by atoms with Crippen molar-refractivity contribution < 1.29 is 33.3 Å². The van der Waals surface area contributed by atoms with Crippen LogP contribution in [0, 0.1) is 18.7 Å². The zero-order valence-electron chi connectivity index (χ0n) is 26.2. The Bertz CT molecular complexity index is 2010. The van der Waals surface area contributed by atoms with Gasteiger partial charge in [0.25, 0.3) is 11.5 Å². The molecule has 1 amide bonds. The van der Waals surface area contributed by atoms with Gasteiger partial charge in [0.2, 0.25) is 0 Å². The van der Waals surface area contributed by atoms with E-state index in [0.29, 0.717) is 39.5 Å². The number of ether oxygens (including phenoxy) is 3. The minimum absolute atomic E-state index is 0.101. The summed E-state index contributed by atoms with van der Waals surface area (Å²) in [7, 11) is 3.01. The number of carboxylic acid groups (broad SMARTS) is 1. The zero-order chi connectivity index (χ0) is 33.8. The molecule has 13 heteroatoms. The molecule has 2 heterocycles. The molecule has 0 aliphatic rings. The third-order valence-corrected chi connectivity index (χ3v) is 7.70. The SMILES string of the molecule is COc1cc2nccc(Oc3ccc(NC(=O)c4c(C)n(C[C@H](C)C[C@H](N)C(=O)O)n(-c5ccccc5)c4=O)cc3F)c2cc1OC. The van der Waals surface area contributed by atoms with Gasteiger partial charge in [-0.3, -0.25) is 24.0 Å². The Kier molecular flexibility index (Phi) is 9.56. The number of nitrogens with one attached hydrogen (secondary N) is 1. The summed E-state index contributed by atoms with van der Waals surface area (Å²) >= 11 is 0. The number of benzene rings is 3. The fraction of sp³-hybridized carbons (Fsp3) is 0.235. The first kappa shape index (κ1) is 32.7. The van der Waals surface area contributed by atoms with Crippen LogP contribution in [0.1, 0.15) is 29.4 Å². The van der Waals surface area contributed by atoms with Gasteiger partial charge >= 0.3 is 5.97 Å². The second kappa shape index (κ2) is 13.7. The number of carbonyl (C=O) groups excluding carboxylic acids is 1. The van der Waals surface area contributed by atoms with E-state index in [9.17, 15) is 19.5 Å². The lowest BCUT2D eigenvalue weighted by atomic mass is 10.0. The molecular formula is C34H34FN5O7. The number of pyridine rings is 1. The Hall–Kier alpha value is -5.69. The highest BCUT2D eigenvalue weighted by molar-refractivity contribution is 6.05. The molecule has 0 radical (unpaired) electrons. The standard InChI is InChI=1S/C34H34FN5O7/c1-19(14-25(36)34(43)44)18-39-20(2)31(33(42)40(39)22-8-6-5-7-9-22)32(41)38-21-10-11-28(24(35)15-21)47-27-12-13-37-26-17-30(46-4)29(45-3)16-23(26)27/h5-13,15-17,19,25H,14,18,36H2,1-4H3,(H,38,41)(H,43,44)/t19-,25+/m1/s1. The topological polar surface area (TPSA) is 160 Å². The summed E-state index contributed by atoms with van der Waals surface area (Å²) in [5, 5.41) is 12.4. The normalized spacial score (nSPS) is 12.4. The lowest BCUT2D eigenvalue weighted by molar-refractivity contribution is -0.138. The van der Waals surface area contributed by atoms with Gasteiger partial charge in [-0.1, -0.05) is 25.1 Å². The molecule has 4 N–H and O–H groups in total. The van der Waals surface area contributed by atoms with E-state index in [-0.39, 0.29) is 35.9 Å². The first-order valence-corrected chi connectivity index (χ1v) is 14.7. The minimum atomic E-state index is -1.12. The molecule has 0 unspecified atom stereocenters. The van der Waals surface area contributed by atoms with Crippen molar-refractivity contribution in [2.45, 2.75) is 32.9 Å². The predicted molar refractivity (Wildman–Crippen MR) is 173 cm³/mol. The molecule has 0 saturated heterocycles. The highest BCUT2D eigenvalue weighted by Gasteiger charge is 2.26. The fourth-order valence-electron chi connectivity index (χ4n) is 5.37. The van der Waals surface area contributed by atoms with Crippen LogP contribution < -0.4 is 30.8 Å². The molecule has 2 aromatic heterocycles. The number of aromatic nitrogens is 3. The highest BCUT2D eigenvalue weighted by Crippen LogP contribution is 2.37. The average molecular weight is 644 g/mol. The van der Waals surface area contributed by atoms with Gasteiger partial charge in [-0.25, -0.2) is 9.07 Å². The van der Waals surface area contributed by atoms with E-state index >= 15 is 4.39 Å². The van der Waals surface area contributed by atoms with Crippen molar-refractivity contribution in [2.24, 2.45) is 11.7 Å². The molecule has 47 heavy (non-hydrogen) atoms. The van der Waals surface area contributed by atoms with Crippen molar-refractivity contribution in [3.63, 3.8) is 0 Å². The molecule has 0 saturated carbocycles. The molecule has 3 aromatic carbocycles. The maximum absolute atomic E-state index is 15.3. The van der Waals surface area contributed by atoms with E-state index in [2.05, 4.69) is 10.3 Å². The van der Waals surface area contributed by atoms with E-state index in [1.54, 1.807) is 60.1 Å². The van der Waals surface area contributed by atoms with E-state index < -0.39 is 29.3 Å². The van der Waals surface area contributed by atoms with Crippen LogP contribution in [0.5, 0.6) is 23.0 Å². The Morgan fingerprint density at radius 2 is 1.70 bits per heavy atom. The van der Waals surface area contributed by atoms with Gasteiger partial charge in [-0.15, -0.1) is 0 Å². The molecule has 5 rings (SSSR count). The molecule has 0 fully saturated rings. The van der Waals surface area contributed by atoms with Crippen LogP contribution in [-0.2, 0) is 11.3 Å². The van der Waals surface area contributed by atoms with Crippen molar-refractivity contribution >= 4 is 28.5 Å². The van der Waals surface area contributed by atoms with Crippen molar-refractivity contribution in [3.05, 3.63) is 100 Å². The number of halogens is 1. The molecule has 5 aromatic rings. The molecule has 0 bridgehead atoms. The summed E-state index contributed by atoms with van der Waals surface area (Å²) in [5.74, 6) is -1.72. The van der Waals surface area contributed by atoms with Crippen molar-refractivity contribution in [1.29, 1.82) is 0 Å². The largest absolute Gasteiger partial charge is 0.493 e. The Labute approximate surface area is 269 Å². The summed E-state index contributed by atoms with van der Waals surface area (Å²) in [6, 6.07) is 16.5. The second-order valence-corrected chi connectivity index (χ2v) is 11.0. The quantitative estimate of drug-likeness (QED) is 0.167. The number of amides is 1. The summed E-state index contributed by atoms with van der Waals surface area (Å²) in [4.78, 5) is 42.9. The van der Waals surface area contributed by atoms with E-state index in [4.69, 9.17) is 19.9 Å². The number of methoxy groups -OCH3 is 2. The highest BCUT2D eigenvalue weighted by atomic mass is 19.1. The molecular weight excluding hydrogens is 609 g/mol. The molecule has 0 spiro atoms. The number of nitrogens with zero attached hydrogens (tertiary/aromatic N) is 3. The number of nitrogens with two attached hydrogens (primary N) is 1. The van der Waals surface area contributed by atoms with Gasteiger partial charge in [0.1, 0.15) is 17.4 Å². The van der Waals surface area contributed by atoms with Crippen LogP contribution in [0.15, 0.2) is 77.7 Å². The van der Waals surface area contributed by atoms with E-state index in [1.165, 1.54) is 37.2 Å². The first-order chi connectivity index (χ1) is 22.5. The van der Waals surface area contributed by atoms with E-state index in [0.717, 1.165) is 6.07 Å². The maximum atomic E-state index is 15.3. The minimum Gasteiger partial charge on any atom is -0.493 e. The smallest absolute Gasteiger partial charge is 0.320 e. The van der Waals surface area contributed by atoms with Crippen LogP contribution in [0.2, 0.25) is 0 Å². The van der Waals surface area contributed by atoms with E-state index in [1.807, 2.05) is 6.92 Å². The number of carboxylic acids is 1. The van der Waals surface area contributed by atoms with Gasteiger partial charge in [0.15, 0.2) is 23.1 Å². The summed E-state index contributed by atoms with van der Waals surface area (Å²) in [6.07, 6.45) is 1.68. The number of aliphatic carboxylic acids is 1. The first-order valence-electron chi connectivity index (χ1n) is 14.7. The van der Waals surface area contributed by atoms with Crippen LogP contribution in [-0.4, -0.2) is 51.6 Å². The number of fused-ring (bicyclic) bond motifs is 1. The molecule has 0 aliphatic heterocycles. The van der Waals surface area contributed by atoms with Crippen LogP contribution in [0.25, 0.3) is 16.6 Å². The Morgan fingerprint density at radius 3 is 2.36 bits per heavy atom. The number of rotatable bonds is 12. The third-order valence-electron chi connectivity index (χ3n) is 7.70. The molecule has 12 nitrogen and oxygen atoms in total. The van der Waals surface area contributed by atoms with Crippen LogP contribution >= 0.6 is 0 Å². The number of para-hydroxylation sites is 1. The van der Waals surface area contributed by atoms with Gasteiger partial charge in [-0.2, -0.15) is 0 Å². The second-order valence-electron chi connectivity index (χ2n) is 11.0. The third kappa shape index (κ3) is 6.79. The monoisotopic (exact) mass is 643 g/mol. The lowest BCUT2D eigenvalue weighted by Gasteiger charge is -2.19. The number of carbonyl (C=O) groups is 2. The van der Waals surface area contributed by atoms with Crippen LogP contribution in [0.4, 0.5) is 10.1 Å². The maximum Gasteiger partial charge on any atom is 0.320 e.